The van der Waals surface area contributed by atoms with Crippen LogP contribution in [0.4, 0.5) is 15.9 Å². The first-order valence-electron chi connectivity index (χ1n) is 15.1. The summed E-state index contributed by atoms with van der Waals surface area (Å²) in [7, 11) is 0. The monoisotopic (exact) mass is 600 g/mol. The van der Waals surface area contributed by atoms with Crippen LogP contribution >= 0.6 is 11.6 Å². The maximum absolute atomic E-state index is 14.5. The number of anilines is 2. The van der Waals surface area contributed by atoms with Gasteiger partial charge in [0.2, 0.25) is 0 Å². The van der Waals surface area contributed by atoms with Gasteiger partial charge < -0.3 is 25.4 Å². The third-order valence-corrected chi connectivity index (χ3v) is 10.0. The van der Waals surface area contributed by atoms with Crippen LogP contribution in [0, 0.1) is 0 Å². The van der Waals surface area contributed by atoms with Crippen LogP contribution in [0.15, 0.2) is 59.7 Å². The van der Waals surface area contributed by atoms with Crippen molar-refractivity contribution in [3.05, 3.63) is 82.0 Å². The highest BCUT2D eigenvalue weighted by atomic mass is 35.5. The summed E-state index contributed by atoms with van der Waals surface area (Å²) >= 11 is 7.21. The fraction of sp³-hybridized carbons (Fsp3) is 0.394. The molecule has 2 aromatic carbocycles. The molecule has 8 nitrogen and oxygen atoms in total. The molecule has 10 heteroatoms. The normalized spacial score (nSPS) is 23.9. The molecule has 0 spiro atoms. The number of amidine groups is 1. The number of aliphatic imine (C=N–C) groups is 1. The van der Waals surface area contributed by atoms with E-state index in [0.717, 1.165) is 66.6 Å². The first kappa shape index (κ1) is 26.8. The van der Waals surface area contributed by atoms with Crippen molar-refractivity contribution in [3.63, 3.8) is 0 Å². The highest BCUT2D eigenvalue weighted by molar-refractivity contribution is 6.37. The van der Waals surface area contributed by atoms with E-state index >= 15 is 0 Å². The molecule has 222 valence electrons. The number of ether oxygens (including phenoxy) is 2. The molecule has 5 heterocycles. The number of nitrogens with one attached hydrogen (secondary N) is 1. The molecule has 3 N–H and O–H groups in total. The minimum atomic E-state index is -0.836. The van der Waals surface area contributed by atoms with E-state index in [0.29, 0.717) is 61.2 Å². The second kappa shape index (κ2) is 10.4. The number of benzene rings is 2. The van der Waals surface area contributed by atoms with E-state index in [9.17, 15) is 4.39 Å². The van der Waals surface area contributed by atoms with Crippen molar-refractivity contribution in [2.24, 2.45) is 4.99 Å². The molecule has 2 atom stereocenters. The summed E-state index contributed by atoms with van der Waals surface area (Å²) in [5, 5.41) is 4.06. The average Bonchev–Trinajstić information content (AvgIpc) is 3.69. The van der Waals surface area contributed by atoms with Crippen LogP contribution in [0.2, 0.25) is 5.02 Å². The molecule has 3 aromatic rings. The minimum Gasteiger partial charge on any atom is -0.462 e. The lowest BCUT2D eigenvalue weighted by Gasteiger charge is -2.31. The molecule has 0 saturated carbocycles. The summed E-state index contributed by atoms with van der Waals surface area (Å²) in [5.74, 6) is 2.10. The van der Waals surface area contributed by atoms with Gasteiger partial charge in [-0.05, 0) is 67.5 Å². The lowest BCUT2D eigenvalue weighted by atomic mass is 9.94. The number of pyridine rings is 1. The van der Waals surface area contributed by atoms with Gasteiger partial charge in [0, 0.05) is 30.3 Å². The summed E-state index contributed by atoms with van der Waals surface area (Å²) in [6, 6.07) is 12.3. The first-order chi connectivity index (χ1) is 21.0. The van der Waals surface area contributed by atoms with Crippen LogP contribution in [-0.2, 0) is 24.1 Å². The fourth-order valence-electron chi connectivity index (χ4n) is 7.61. The zero-order valence-electron chi connectivity index (χ0n) is 23.9. The molecular weight excluding hydrogens is 567 g/mol. The molecule has 5 aliphatic rings. The summed E-state index contributed by atoms with van der Waals surface area (Å²) in [6.07, 6.45) is 8.36. The van der Waals surface area contributed by atoms with Gasteiger partial charge in [-0.3, -0.25) is 4.90 Å². The molecule has 2 fully saturated rings. The molecule has 0 unspecified atom stereocenters. The van der Waals surface area contributed by atoms with E-state index in [2.05, 4.69) is 33.4 Å². The smallest absolute Gasteiger partial charge is 0.301 e. The standard InChI is InChI=1S/C33H34ClFN6O2/c34-29-25(24-9-2-6-20-5-1-8-23(20)24)13-26-28-30(29)38-19-39-32(28)40(15-21-7-3-11-37-31(21)36)17-27(43-26)42-18-33-10-4-12-41(33)16-22(35)14-33/h2-3,6-7,9,11,13,17,22,38H,1,4-5,8,10,12,14-16,18-19H2,(H2,36,37)/t22-,33+/m1/s1. The molecule has 0 amide bonds. The Morgan fingerprint density at radius 3 is 3.02 bits per heavy atom. The number of nitrogen functional groups attached to an aromatic ring is 1. The average molecular weight is 601 g/mol. The van der Waals surface area contributed by atoms with Gasteiger partial charge in [0.1, 0.15) is 36.9 Å². The number of nitrogens with two attached hydrogens (primary N) is 1. The van der Waals surface area contributed by atoms with Crippen LogP contribution < -0.4 is 15.8 Å². The predicted octanol–water partition coefficient (Wildman–Crippen LogP) is 5.89. The second-order valence-corrected chi connectivity index (χ2v) is 12.6. The van der Waals surface area contributed by atoms with Crippen molar-refractivity contribution >= 4 is 28.9 Å². The molecule has 43 heavy (non-hydrogen) atoms. The molecule has 1 aromatic heterocycles. The largest absolute Gasteiger partial charge is 0.462 e. The quantitative estimate of drug-likeness (QED) is 0.365. The third kappa shape index (κ3) is 4.52. The summed E-state index contributed by atoms with van der Waals surface area (Å²) in [4.78, 5) is 13.4. The van der Waals surface area contributed by atoms with Crippen molar-refractivity contribution in [2.45, 2.75) is 56.8 Å². The Balaban J connectivity index is 1.22. The van der Waals surface area contributed by atoms with Crippen molar-refractivity contribution < 1.29 is 13.9 Å². The van der Waals surface area contributed by atoms with E-state index in [4.69, 9.17) is 31.8 Å². The molecule has 2 saturated heterocycles. The lowest BCUT2D eigenvalue weighted by molar-refractivity contribution is 0.0270. The second-order valence-electron chi connectivity index (χ2n) is 12.2. The lowest BCUT2D eigenvalue weighted by Crippen LogP contribution is -2.42. The molecule has 0 bridgehead atoms. The van der Waals surface area contributed by atoms with Crippen molar-refractivity contribution in [3.8, 4) is 16.9 Å². The molecule has 0 radical (unpaired) electrons. The van der Waals surface area contributed by atoms with Crippen molar-refractivity contribution in [1.82, 2.24) is 14.8 Å². The minimum absolute atomic E-state index is 0.315. The van der Waals surface area contributed by atoms with E-state index in [1.807, 2.05) is 29.3 Å². The predicted molar refractivity (Wildman–Crippen MR) is 166 cm³/mol. The number of hydrogen-bond acceptors (Lipinski definition) is 8. The number of fused-ring (bicyclic) bond motifs is 2. The Hall–Kier alpha value is -3.82. The Morgan fingerprint density at radius 2 is 2.12 bits per heavy atom. The first-order valence-corrected chi connectivity index (χ1v) is 15.5. The fourth-order valence-corrected chi connectivity index (χ4v) is 7.93. The van der Waals surface area contributed by atoms with Gasteiger partial charge in [-0.25, -0.2) is 14.4 Å². The van der Waals surface area contributed by atoms with Crippen LogP contribution in [0.3, 0.4) is 0 Å². The summed E-state index contributed by atoms with van der Waals surface area (Å²) < 4.78 is 27.7. The van der Waals surface area contributed by atoms with E-state index in [1.54, 1.807) is 6.20 Å². The highest BCUT2D eigenvalue weighted by Gasteiger charge is 2.49. The van der Waals surface area contributed by atoms with E-state index < -0.39 is 6.17 Å². The Morgan fingerprint density at radius 1 is 1.19 bits per heavy atom. The Kier molecular flexibility index (Phi) is 6.49. The Labute approximate surface area is 255 Å². The maximum atomic E-state index is 14.5. The van der Waals surface area contributed by atoms with Gasteiger partial charge in [0.15, 0.2) is 0 Å². The van der Waals surface area contributed by atoms with Crippen LogP contribution in [0.1, 0.15) is 47.9 Å². The third-order valence-electron chi connectivity index (χ3n) is 9.63. The Bertz CT molecular complexity index is 1680. The number of nitrogens with zero attached hydrogens (tertiary/aromatic N) is 4. The van der Waals surface area contributed by atoms with Gasteiger partial charge in [-0.1, -0.05) is 35.9 Å². The van der Waals surface area contributed by atoms with Crippen LogP contribution in [0.5, 0.6) is 5.75 Å². The van der Waals surface area contributed by atoms with Gasteiger partial charge in [-0.2, -0.15) is 0 Å². The van der Waals surface area contributed by atoms with Gasteiger partial charge in [0.25, 0.3) is 0 Å². The van der Waals surface area contributed by atoms with Crippen LogP contribution in [0.25, 0.3) is 11.1 Å². The number of hydrogen-bond donors (Lipinski definition) is 2. The topological polar surface area (TPSA) is 88.2 Å². The molecule has 4 aliphatic heterocycles. The van der Waals surface area contributed by atoms with E-state index in [-0.39, 0.29) is 5.54 Å². The number of rotatable bonds is 6. The highest BCUT2D eigenvalue weighted by Crippen LogP contribution is 2.47. The van der Waals surface area contributed by atoms with Crippen molar-refractivity contribution in [2.75, 3.05) is 37.4 Å². The number of aromatic nitrogens is 1. The number of halogens is 2. The SMILES string of the molecule is Nc1ncccc1CN1C=C(OC[C@@]23CCCN2C[C@H](F)C3)Oc2cc(-c3cccc4c3CCC4)c(Cl)c3c2C1=NCN3. The number of alkyl halides is 1. The molecule has 1 aliphatic carbocycles. The summed E-state index contributed by atoms with van der Waals surface area (Å²) in [6.45, 7) is 2.48. The summed E-state index contributed by atoms with van der Waals surface area (Å²) in [5.41, 5.74) is 13.1. The molecule has 8 rings (SSSR count). The van der Waals surface area contributed by atoms with E-state index in [1.165, 1.54) is 11.1 Å². The van der Waals surface area contributed by atoms with Gasteiger partial charge in [0.05, 0.1) is 34.6 Å². The zero-order chi connectivity index (χ0) is 29.1. The number of aryl methyl sites for hydroxylation is 1. The van der Waals surface area contributed by atoms with Gasteiger partial charge >= 0.3 is 5.95 Å². The van der Waals surface area contributed by atoms with Crippen LogP contribution in [-0.4, -0.2) is 58.7 Å². The maximum Gasteiger partial charge on any atom is 0.301 e. The van der Waals surface area contributed by atoms with Crippen molar-refractivity contribution in [1.29, 1.82) is 0 Å². The van der Waals surface area contributed by atoms with Gasteiger partial charge in [-0.15, -0.1) is 0 Å². The molecular formula is C33H34ClFN6O2. The zero-order valence-corrected chi connectivity index (χ0v) is 24.7.